The second-order valence-electron chi connectivity index (χ2n) is 6.67. The zero-order chi connectivity index (χ0) is 15.9. The fourth-order valence-corrected chi connectivity index (χ4v) is 2.63. The monoisotopic (exact) mass is 294 g/mol. The van der Waals surface area contributed by atoms with E-state index in [-0.39, 0.29) is 5.92 Å². The minimum Gasteiger partial charge on any atom is -0.299 e. The Morgan fingerprint density at radius 1 is 0.810 bits per heavy atom. The van der Waals surface area contributed by atoms with Gasteiger partial charge in [0.1, 0.15) is 5.78 Å². The summed E-state index contributed by atoms with van der Waals surface area (Å²) in [7, 11) is 0. The number of unbranched alkanes of at least 4 members (excludes halogenated alkanes) is 11. The molecule has 0 aliphatic heterocycles. The average molecular weight is 295 g/mol. The van der Waals surface area contributed by atoms with Crippen molar-refractivity contribution in [3.8, 4) is 0 Å². The van der Waals surface area contributed by atoms with Crippen molar-refractivity contribution in [1.82, 2.24) is 0 Å². The first-order valence-corrected chi connectivity index (χ1v) is 9.27. The van der Waals surface area contributed by atoms with Gasteiger partial charge in [0.15, 0.2) is 0 Å². The molecule has 0 radical (unpaired) electrons. The molecule has 0 N–H and O–H groups in total. The molecule has 0 saturated heterocycles. The van der Waals surface area contributed by atoms with Crippen LogP contribution in [0.5, 0.6) is 0 Å². The SMILES string of the molecule is C=C(C)C(C)C(=O)CCCCCCCCCCCCCC. The van der Waals surface area contributed by atoms with E-state index in [1.807, 2.05) is 13.8 Å². The van der Waals surface area contributed by atoms with Gasteiger partial charge in [0.2, 0.25) is 0 Å². The maximum Gasteiger partial charge on any atom is 0.139 e. The van der Waals surface area contributed by atoms with Gasteiger partial charge in [-0.2, -0.15) is 0 Å². The largest absolute Gasteiger partial charge is 0.299 e. The van der Waals surface area contributed by atoms with Crippen molar-refractivity contribution >= 4 is 5.78 Å². The van der Waals surface area contributed by atoms with Crippen LogP contribution in [0.15, 0.2) is 12.2 Å². The minimum absolute atomic E-state index is 0.0534. The molecule has 0 bridgehead atoms. The maximum atomic E-state index is 11.8. The Hall–Kier alpha value is -0.590. The highest BCUT2D eigenvalue weighted by atomic mass is 16.1. The fourth-order valence-electron chi connectivity index (χ4n) is 2.63. The molecule has 1 unspecified atom stereocenters. The van der Waals surface area contributed by atoms with Crippen LogP contribution in [0.3, 0.4) is 0 Å². The van der Waals surface area contributed by atoms with Gasteiger partial charge in [-0.05, 0) is 13.3 Å². The Labute approximate surface area is 133 Å². The molecule has 0 rings (SSSR count). The third-order valence-corrected chi connectivity index (χ3v) is 4.50. The van der Waals surface area contributed by atoms with Gasteiger partial charge in [0.25, 0.3) is 0 Å². The number of allylic oxidation sites excluding steroid dienone is 1. The van der Waals surface area contributed by atoms with Crippen molar-refractivity contribution in [1.29, 1.82) is 0 Å². The van der Waals surface area contributed by atoms with E-state index >= 15 is 0 Å². The number of hydrogen-bond donors (Lipinski definition) is 0. The van der Waals surface area contributed by atoms with Gasteiger partial charge in [-0.15, -0.1) is 0 Å². The topological polar surface area (TPSA) is 17.1 Å². The van der Waals surface area contributed by atoms with Gasteiger partial charge in [-0.3, -0.25) is 4.79 Å². The summed E-state index contributed by atoms with van der Waals surface area (Å²) in [6, 6.07) is 0. The van der Waals surface area contributed by atoms with Crippen LogP contribution in [0.4, 0.5) is 0 Å². The van der Waals surface area contributed by atoms with E-state index in [2.05, 4.69) is 13.5 Å². The van der Waals surface area contributed by atoms with Crippen LogP contribution in [0.2, 0.25) is 0 Å². The van der Waals surface area contributed by atoms with Gasteiger partial charge in [-0.1, -0.05) is 96.6 Å². The van der Waals surface area contributed by atoms with E-state index in [1.54, 1.807) is 0 Å². The summed E-state index contributed by atoms with van der Waals surface area (Å²) in [4.78, 5) is 11.8. The van der Waals surface area contributed by atoms with E-state index in [1.165, 1.54) is 70.6 Å². The second-order valence-corrected chi connectivity index (χ2v) is 6.67. The van der Waals surface area contributed by atoms with Crippen LogP contribution in [-0.4, -0.2) is 5.78 Å². The van der Waals surface area contributed by atoms with Crippen LogP contribution in [0, 0.1) is 5.92 Å². The normalized spacial score (nSPS) is 12.3. The minimum atomic E-state index is 0.0534. The number of ketones is 1. The van der Waals surface area contributed by atoms with Crippen LogP contribution < -0.4 is 0 Å². The molecule has 0 spiro atoms. The number of hydrogen-bond acceptors (Lipinski definition) is 1. The van der Waals surface area contributed by atoms with Crippen molar-refractivity contribution < 1.29 is 4.79 Å². The second kappa shape index (κ2) is 14.4. The van der Waals surface area contributed by atoms with Gasteiger partial charge in [0.05, 0.1) is 0 Å². The van der Waals surface area contributed by atoms with E-state index in [4.69, 9.17) is 0 Å². The highest BCUT2D eigenvalue weighted by Gasteiger charge is 2.12. The maximum absolute atomic E-state index is 11.8. The lowest BCUT2D eigenvalue weighted by Gasteiger charge is -2.09. The summed E-state index contributed by atoms with van der Waals surface area (Å²) in [5.41, 5.74) is 0.999. The number of rotatable bonds is 15. The lowest BCUT2D eigenvalue weighted by Crippen LogP contribution is -2.11. The summed E-state index contributed by atoms with van der Waals surface area (Å²) in [5.74, 6) is 0.423. The lowest BCUT2D eigenvalue weighted by molar-refractivity contribution is -0.121. The zero-order valence-corrected chi connectivity index (χ0v) is 14.9. The predicted octanol–water partition coefficient (Wildman–Crippen LogP) is 6.86. The Morgan fingerprint density at radius 2 is 1.19 bits per heavy atom. The van der Waals surface area contributed by atoms with Gasteiger partial charge < -0.3 is 0 Å². The van der Waals surface area contributed by atoms with E-state index in [0.29, 0.717) is 5.78 Å². The molecule has 21 heavy (non-hydrogen) atoms. The van der Waals surface area contributed by atoms with Crippen LogP contribution in [-0.2, 0) is 4.79 Å². The zero-order valence-electron chi connectivity index (χ0n) is 14.9. The first-order chi connectivity index (χ1) is 10.1. The van der Waals surface area contributed by atoms with Crippen molar-refractivity contribution in [3.05, 3.63) is 12.2 Å². The van der Waals surface area contributed by atoms with Crippen molar-refractivity contribution in [2.24, 2.45) is 5.92 Å². The van der Waals surface area contributed by atoms with E-state index in [9.17, 15) is 4.79 Å². The molecular weight excluding hydrogens is 256 g/mol. The number of carbonyl (C=O) groups is 1. The Balaban J connectivity index is 3.22. The molecule has 1 atom stereocenters. The quantitative estimate of drug-likeness (QED) is 0.238. The molecule has 0 aromatic rings. The molecule has 0 fully saturated rings. The third kappa shape index (κ3) is 12.8. The highest BCUT2D eigenvalue weighted by molar-refractivity contribution is 5.83. The molecule has 0 aromatic carbocycles. The molecule has 0 aliphatic carbocycles. The fraction of sp³-hybridized carbons (Fsp3) is 0.850. The molecule has 1 nitrogen and oxygen atoms in total. The van der Waals surface area contributed by atoms with E-state index < -0.39 is 0 Å². The molecule has 124 valence electrons. The molecule has 1 heteroatoms. The van der Waals surface area contributed by atoms with Crippen molar-refractivity contribution in [2.75, 3.05) is 0 Å². The molecule has 0 aliphatic rings. The Bertz CT molecular complexity index is 267. The van der Waals surface area contributed by atoms with Gasteiger partial charge >= 0.3 is 0 Å². The van der Waals surface area contributed by atoms with Crippen LogP contribution in [0.25, 0.3) is 0 Å². The first kappa shape index (κ1) is 20.4. The summed E-state index contributed by atoms with van der Waals surface area (Å²) in [6.45, 7) is 10.1. The number of Topliss-reactive ketones (excluding diaryl/α,β-unsaturated/α-hetero) is 1. The first-order valence-electron chi connectivity index (χ1n) is 9.27. The Morgan fingerprint density at radius 3 is 1.57 bits per heavy atom. The Kier molecular flexibility index (Phi) is 13.9. The van der Waals surface area contributed by atoms with E-state index in [0.717, 1.165) is 18.4 Å². The summed E-state index contributed by atoms with van der Waals surface area (Å²) in [6.07, 6.45) is 16.9. The summed E-state index contributed by atoms with van der Waals surface area (Å²) < 4.78 is 0. The average Bonchev–Trinajstić information content (AvgIpc) is 2.47. The van der Waals surface area contributed by atoms with Crippen LogP contribution in [0.1, 0.15) is 104 Å². The molecule has 0 saturated carbocycles. The van der Waals surface area contributed by atoms with Crippen molar-refractivity contribution in [2.45, 2.75) is 104 Å². The standard InChI is InChI=1S/C20H38O/c1-5-6-7-8-9-10-11-12-13-14-15-16-17-20(21)19(4)18(2)3/h19H,2,5-17H2,1,3-4H3. The summed E-state index contributed by atoms with van der Waals surface area (Å²) in [5, 5.41) is 0. The molecule has 0 amide bonds. The molecule has 0 heterocycles. The number of carbonyl (C=O) groups excluding carboxylic acids is 1. The third-order valence-electron chi connectivity index (χ3n) is 4.50. The van der Waals surface area contributed by atoms with Crippen molar-refractivity contribution in [3.63, 3.8) is 0 Å². The smallest absolute Gasteiger partial charge is 0.139 e. The molecular formula is C20H38O. The highest BCUT2D eigenvalue weighted by Crippen LogP contribution is 2.15. The van der Waals surface area contributed by atoms with Crippen LogP contribution >= 0.6 is 0 Å². The predicted molar refractivity (Wildman–Crippen MR) is 94.7 cm³/mol. The molecule has 0 aromatic heterocycles. The lowest BCUT2D eigenvalue weighted by atomic mass is 9.95. The summed E-state index contributed by atoms with van der Waals surface area (Å²) >= 11 is 0. The van der Waals surface area contributed by atoms with Gasteiger partial charge in [0, 0.05) is 12.3 Å². The van der Waals surface area contributed by atoms with Gasteiger partial charge in [-0.25, -0.2) is 0 Å².